The summed E-state index contributed by atoms with van der Waals surface area (Å²) in [6.07, 6.45) is 11.2. The molecule has 0 saturated carbocycles. The Hall–Kier alpha value is -0.120. The van der Waals surface area contributed by atoms with Crippen LogP contribution >= 0.6 is 0 Å². The first-order valence-electron chi connectivity index (χ1n) is 5.78. The lowest BCUT2D eigenvalue weighted by Crippen LogP contribution is -3.00. The van der Waals surface area contributed by atoms with Crippen LogP contribution in [0.1, 0.15) is 44.6 Å². The van der Waals surface area contributed by atoms with Crippen LogP contribution < -0.4 is 28.5 Å². The predicted molar refractivity (Wildman–Crippen MR) is 60.1 cm³/mol. The number of aryl methyl sites for hydroxylation is 2. The number of pyridine rings is 1. The largest absolute Gasteiger partial charge is 1.00 e. The summed E-state index contributed by atoms with van der Waals surface area (Å²) in [6, 6.07) is 4.27. The van der Waals surface area contributed by atoms with E-state index in [1.54, 1.807) is 0 Å². The molecule has 0 spiro atoms. The van der Waals surface area contributed by atoms with E-state index in [0.717, 1.165) is 0 Å². The molecule has 0 amide bonds. The predicted octanol–water partition coefficient (Wildman–Crippen LogP) is 0.257. The van der Waals surface area contributed by atoms with Crippen LogP contribution in [0.5, 0.6) is 0 Å². The monoisotopic (exact) mass is 319 g/mol. The topological polar surface area (TPSA) is 3.88 Å². The van der Waals surface area contributed by atoms with Crippen molar-refractivity contribution in [2.75, 3.05) is 0 Å². The van der Waals surface area contributed by atoms with Crippen molar-refractivity contribution >= 4 is 0 Å². The quantitative estimate of drug-likeness (QED) is 0.402. The lowest BCUT2D eigenvalue weighted by Gasteiger charge is -1.98. The first-order chi connectivity index (χ1) is 6.83. The molecule has 1 rings (SSSR count). The van der Waals surface area contributed by atoms with Gasteiger partial charge >= 0.3 is 0 Å². The number of halogens is 1. The zero-order valence-electron chi connectivity index (χ0n) is 9.88. The zero-order chi connectivity index (χ0) is 10.2. The summed E-state index contributed by atoms with van der Waals surface area (Å²) in [6.45, 7) is 5.58. The van der Waals surface area contributed by atoms with Gasteiger partial charge in [-0.15, -0.1) is 0 Å². The second-order valence-corrected chi connectivity index (χ2v) is 4.03. The van der Waals surface area contributed by atoms with Crippen molar-refractivity contribution in [1.82, 2.24) is 0 Å². The van der Waals surface area contributed by atoms with Gasteiger partial charge in [-0.2, -0.15) is 0 Å². The molecule has 1 aromatic heterocycles. The van der Waals surface area contributed by atoms with Crippen LogP contribution in [0.15, 0.2) is 24.5 Å². The van der Waals surface area contributed by atoms with Crippen LogP contribution in [-0.4, -0.2) is 0 Å². The molecule has 15 heavy (non-hydrogen) atoms. The molecule has 2 heteroatoms. The molecule has 0 aliphatic carbocycles. The van der Waals surface area contributed by atoms with Gasteiger partial charge in [-0.05, 0) is 19.4 Å². The Kier molecular flexibility index (Phi) is 9.06. The smallest absolute Gasteiger partial charge is 0.171 e. The standard InChI is InChI=1S/C13H22N.HI/c1-3-4-5-6-7-10-14-11-8-9-13(2)12-14;/h8-9,11-12H,3-7,10H2,1-2H3;1H/q+1;/p-1. The molecule has 86 valence electrons. The summed E-state index contributed by atoms with van der Waals surface area (Å²) < 4.78 is 2.29. The van der Waals surface area contributed by atoms with Gasteiger partial charge in [-0.1, -0.05) is 26.2 Å². The molecule has 0 aromatic carbocycles. The molecular weight excluding hydrogens is 297 g/mol. The van der Waals surface area contributed by atoms with Gasteiger partial charge in [0, 0.05) is 18.1 Å². The van der Waals surface area contributed by atoms with Crippen molar-refractivity contribution < 1.29 is 28.5 Å². The molecule has 0 aliphatic heterocycles. The number of hydrogen-bond acceptors (Lipinski definition) is 0. The van der Waals surface area contributed by atoms with Gasteiger partial charge < -0.3 is 24.0 Å². The maximum Gasteiger partial charge on any atom is 0.171 e. The third kappa shape index (κ3) is 6.88. The second-order valence-electron chi connectivity index (χ2n) is 4.03. The molecule has 0 radical (unpaired) electrons. The average molecular weight is 319 g/mol. The molecule has 0 atom stereocenters. The highest BCUT2D eigenvalue weighted by Gasteiger charge is 1.99. The van der Waals surface area contributed by atoms with Crippen molar-refractivity contribution in [2.45, 2.75) is 52.5 Å². The number of nitrogens with zero attached hydrogens (tertiary/aromatic N) is 1. The van der Waals surface area contributed by atoms with Crippen LogP contribution in [0.2, 0.25) is 0 Å². The lowest BCUT2D eigenvalue weighted by molar-refractivity contribution is -0.697. The van der Waals surface area contributed by atoms with Crippen molar-refractivity contribution in [3.05, 3.63) is 30.1 Å². The fraction of sp³-hybridized carbons (Fsp3) is 0.615. The van der Waals surface area contributed by atoms with Crippen molar-refractivity contribution in [3.8, 4) is 0 Å². The van der Waals surface area contributed by atoms with Crippen molar-refractivity contribution in [2.24, 2.45) is 0 Å². The van der Waals surface area contributed by atoms with Gasteiger partial charge in [0.25, 0.3) is 0 Å². The van der Waals surface area contributed by atoms with E-state index < -0.39 is 0 Å². The minimum Gasteiger partial charge on any atom is -1.00 e. The number of rotatable bonds is 6. The Morgan fingerprint density at radius 1 is 1.13 bits per heavy atom. The number of hydrogen-bond donors (Lipinski definition) is 0. The van der Waals surface area contributed by atoms with E-state index in [1.807, 2.05) is 0 Å². The molecule has 0 unspecified atom stereocenters. The highest BCUT2D eigenvalue weighted by atomic mass is 127. The molecule has 1 nitrogen and oxygen atoms in total. The van der Waals surface area contributed by atoms with Crippen molar-refractivity contribution in [3.63, 3.8) is 0 Å². The lowest BCUT2D eigenvalue weighted by atomic mass is 10.1. The van der Waals surface area contributed by atoms with Crippen LogP contribution in [0, 0.1) is 6.92 Å². The second kappa shape index (κ2) is 9.13. The van der Waals surface area contributed by atoms with E-state index in [2.05, 4.69) is 42.9 Å². The van der Waals surface area contributed by atoms with Crippen LogP contribution in [0.3, 0.4) is 0 Å². The number of aromatic nitrogens is 1. The molecule has 1 aromatic rings. The van der Waals surface area contributed by atoms with Gasteiger partial charge in [0.15, 0.2) is 12.4 Å². The van der Waals surface area contributed by atoms with Gasteiger partial charge in [-0.3, -0.25) is 0 Å². The van der Waals surface area contributed by atoms with E-state index in [4.69, 9.17) is 0 Å². The first-order valence-corrected chi connectivity index (χ1v) is 5.78. The first kappa shape index (κ1) is 14.9. The summed E-state index contributed by atoms with van der Waals surface area (Å²) in [5.74, 6) is 0. The van der Waals surface area contributed by atoms with E-state index in [9.17, 15) is 0 Å². The Morgan fingerprint density at radius 2 is 1.87 bits per heavy atom. The maximum absolute atomic E-state index is 2.29. The van der Waals surface area contributed by atoms with Gasteiger partial charge in [-0.25, -0.2) is 4.57 Å². The third-order valence-corrected chi connectivity index (χ3v) is 2.53. The van der Waals surface area contributed by atoms with E-state index in [1.165, 1.54) is 44.2 Å². The molecule has 0 bridgehead atoms. The Bertz CT molecular complexity index is 260. The van der Waals surface area contributed by atoms with Gasteiger partial charge in [0.1, 0.15) is 6.54 Å². The minimum atomic E-state index is 0. The molecular formula is C13H22IN. The van der Waals surface area contributed by atoms with Gasteiger partial charge in [0.2, 0.25) is 0 Å². The summed E-state index contributed by atoms with van der Waals surface area (Å²) in [4.78, 5) is 0. The van der Waals surface area contributed by atoms with Crippen LogP contribution in [0.4, 0.5) is 0 Å². The summed E-state index contributed by atoms with van der Waals surface area (Å²) >= 11 is 0. The Labute approximate surface area is 111 Å². The molecule has 0 N–H and O–H groups in total. The average Bonchev–Trinajstić information content (AvgIpc) is 2.18. The molecule has 0 fully saturated rings. The summed E-state index contributed by atoms with van der Waals surface area (Å²) in [5, 5.41) is 0. The van der Waals surface area contributed by atoms with Crippen molar-refractivity contribution in [1.29, 1.82) is 0 Å². The zero-order valence-corrected chi connectivity index (χ0v) is 12.0. The SMILES string of the molecule is CCCCCCC[n+]1cccc(C)c1.[I-]. The van der Waals surface area contributed by atoms with Crippen LogP contribution in [-0.2, 0) is 6.54 Å². The fourth-order valence-corrected chi connectivity index (χ4v) is 1.69. The number of unbranched alkanes of at least 4 members (excludes halogenated alkanes) is 4. The third-order valence-electron chi connectivity index (χ3n) is 2.53. The van der Waals surface area contributed by atoms with Gasteiger partial charge in [0.05, 0.1) is 0 Å². The van der Waals surface area contributed by atoms with Crippen LogP contribution in [0.25, 0.3) is 0 Å². The summed E-state index contributed by atoms with van der Waals surface area (Å²) in [5.41, 5.74) is 1.35. The fourth-order valence-electron chi connectivity index (χ4n) is 1.69. The highest BCUT2D eigenvalue weighted by Crippen LogP contribution is 2.02. The summed E-state index contributed by atoms with van der Waals surface area (Å²) in [7, 11) is 0. The van der Waals surface area contributed by atoms with E-state index in [-0.39, 0.29) is 24.0 Å². The molecule has 0 aliphatic rings. The Balaban J connectivity index is 0.00000196. The maximum atomic E-state index is 2.29. The Morgan fingerprint density at radius 3 is 2.53 bits per heavy atom. The minimum absolute atomic E-state index is 0. The van der Waals surface area contributed by atoms with E-state index >= 15 is 0 Å². The van der Waals surface area contributed by atoms with E-state index in [0.29, 0.717) is 0 Å². The molecule has 1 heterocycles. The molecule has 0 saturated heterocycles. The normalized spacial score (nSPS) is 9.73. The highest BCUT2D eigenvalue weighted by molar-refractivity contribution is 5.01.